The molecule has 0 unspecified atom stereocenters. The Balaban J connectivity index is 2.24. The third kappa shape index (κ3) is 3.32. The Hall–Kier alpha value is -1.69. The van der Waals surface area contributed by atoms with Gasteiger partial charge in [-0.3, -0.25) is 0 Å². The van der Waals surface area contributed by atoms with E-state index in [1.807, 2.05) is 13.8 Å². The third-order valence-corrected chi connectivity index (χ3v) is 4.29. The minimum atomic E-state index is -0.967. The maximum absolute atomic E-state index is 11.6. The Kier molecular flexibility index (Phi) is 4.77. The van der Waals surface area contributed by atoms with Crippen LogP contribution >= 0.6 is 0 Å². The van der Waals surface area contributed by atoms with Gasteiger partial charge in [0.2, 0.25) is 0 Å². The van der Waals surface area contributed by atoms with Gasteiger partial charge in [0.15, 0.2) is 5.82 Å². The normalized spacial score (nSPS) is 15.8. The summed E-state index contributed by atoms with van der Waals surface area (Å²) >= 11 is 0. The lowest BCUT2D eigenvalue weighted by molar-refractivity contribution is 0.0696. The molecule has 6 heteroatoms. The van der Waals surface area contributed by atoms with Gasteiger partial charge in [-0.1, -0.05) is 13.8 Å². The Morgan fingerprint density at radius 2 is 2.00 bits per heavy atom. The zero-order valence-electron chi connectivity index (χ0n) is 12.6. The second-order valence-electron chi connectivity index (χ2n) is 5.69. The molecule has 0 saturated heterocycles. The number of hydrogen-bond donors (Lipinski definition) is 3. The molecule has 0 aliphatic heterocycles. The van der Waals surface area contributed by atoms with Crippen molar-refractivity contribution >= 4 is 11.8 Å². The molecule has 0 atom stereocenters. The average Bonchev–Trinajstić information content (AvgIpc) is 3.24. The summed E-state index contributed by atoms with van der Waals surface area (Å²) < 4.78 is 0. The first-order valence-electron chi connectivity index (χ1n) is 7.53. The van der Waals surface area contributed by atoms with E-state index in [9.17, 15) is 9.90 Å². The fourth-order valence-electron chi connectivity index (χ4n) is 2.73. The number of nitrogens with zero attached hydrogens (tertiary/aromatic N) is 2. The Labute approximate surface area is 124 Å². The third-order valence-electron chi connectivity index (χ3n) is 4.29. The van der Waals surface area contributed by atoms with Crippen LogP contribution < -0.4 is 5.32 Å². The molecule has 0 radical (unpaired) electrons. The van der Waals surface area contributed by atoms with Crippen molar-refractivity contribution in [3.8, 4) is 0 Å². The molecule has 3 N–H and O–H groups in total. The predicted octanol–water partition coefficient (Wildman–Crippen LogP) is 1.87. The van der Waals surface area contributed by atoms with E-state index in [2.05, 4.69) is 15.5 Å². The molecule has 2 rings (SSSR count). The summed E-state index contributed by atoms with van der Waals surface area (Å²) in [6, 6.07) is 0. The van der Waals surface area contributed by atoms with E-state index in [1.165, 1.54) is 0 Å². The van der Waals surface area contributed by atoms with Crippen LogP contribution in [0.4, 0.5) is 5.82 Å². The number of nitrogens with one attached hydrogen (secondary N) is 1. The van der Waals surface area contributed by atoms with E-state index >= 15 is 0 Å². The van der Waals surface area contributed by atoms with Crippen LogP contribution in [-0.4, -0.2) is 39.5 Å². The number of aliphatic hydroxyl groups excluding tert-OH is 1. The largest absolute Gasteiger partial charge is 0.478 e. The molecule has 0 aromatic carbocycles. The van der Waals surface area contributed by atoms with Crippen molar-refractivity contribution in [2.24, 2.45) is 5.41 Å². The van der Waals surface area contributed by atoms with Crippen LogP contribution in [0.15, 0.2) is 0 Å². The highest BCUT2D eigenvalue weighted by Gasteiger charge is 2.41. The van der Waals surface area contributed by atoms with Crippen molar-refractivity contribution in [2.45, 2.75) is 46.0 Å². The average molecular weight is 293 g/mol. The van der Waals surface area contributed by atoms with Gasteiger partial charge in [-0.15, -0.1) is 5.10 Å². The molecule has 1 heterocycles. The smallest absolute Gasteiger partial charge is 0.339 e. The fraction of sp³-hybridized carbons (Fsp3) is 0.667. The summed E-state index contributed by atoms with van der Waals surface area (Å²) in [6.45, 7) is 4.67. The first kappa shape index (κ1) is 15.7. The molecule has 1 aromatic rings. The highest BCUT2D eigenvalue weighted by Crippen LogP contribution is 2.48. The number of carbonyl (C=O) groups is 1. The number of aromatic nitrogens is 2. The van der Waals surface area contributed by atoms with Gasteiger partial charge in [0, 0.05) is 13.2 Å². The molecule has 0 amide bonds. The van der Waals surface area contributed by atoms with E-state index in [4.69, 9.17) is 5.11 Å². The van der Waals surface area contributed by atoms with Gasteiger partial charge in [0.05, 0.1) is 5.69 Å². The van der Waals surface area contributed by atoms with Gasteiger partial charge in [-0.2, -0.15) is 5.10 Å². The Morgan fingerprint density at radius 1 is 1.29 bits per heavy atom. The predicted molar refractivity (Wildman–Crippen MR) is 79.6 cm³/mol. The number of carboxylic acid groups (broad SMARTS) is 1. The van der Waals surface area contributed by atoms with Crippen molar-refractivity contribution in [3.63, 3.8) is 0 Å². The zero-order chi connectivity index (χ0) is 15.5. The van der Waals surface area contributed by atoms with Crippen LogP contribution in [0.2, 0.25) is 0 Å². The molecule has 1 aromatic heterocycles. The van der Waals surface area contributed by atoms with Gasteiger partial charge >= 0.3 is 5.97 Å². The van der Waals surface area contributed by atoms with E-state index in [-0.39, 0.29) is 17.6 Å². The maximum Gasteiger partial charge on any atom is 0.339 e. The summed E-state index contributed by atoms with van der Waals surface area (Å²) in [4.78, 5) is 11.6. The lowest BCUT2D eigenvalue weighted by Crippen LogP contribution is -2.21. The summed E-state index contributed by atoms with van der Waals surface area (Å²) in [5.41, 5.74) is 1.85. The first-order chi connectivity index (χ1) is 10.1. The number of aromatic carboxylic acids is 1. The van der Waals surface area contributed by atoms with Crippen molar-refractivity contribution < 1.29 is 15.0 Å². The van der Waals surface area contributed by atoms with Crippen LogP contribution in [0.25, 0.3) is 0 Å². The molecule has 0 spiro atoms. The van der Waals surface area contributed by atoms with E-state index in [0.717, 1.165) is 30.5 Å². The monoisotopic (exact) mass is 293 g/mol. The summed E-state index contributed by atoms with van der Waals surface area (Å²) in [6.07, 6.45) is 4.15. The summed E-state index contributed by atoms with van der Waals surface area (Å²) in [7, 11) is 0. The van der Waals surface area contributed by atoms with Crippen molar-refractivity contribution in [1.29, 1.82) is 0 Å². The standard InChI is InChI=1S/C15H23N3O3/c1-3-10-11(4-2)17-18-13(12(10)14(20)21)16-9-15(5-6-15)7-8-19/h19H,3-9H2,1-2H3,(H,16,18)(H,20,21). The van der Waals surface area contributed by atoms with E-state index < -0.39 is 5.97 Å². The van der Waals surface area contributed by atoms with Gasteiger partial charge < -0.3 is 15.5 Å². The molecule has 1 aliphatic carbocycles. The molecule has 6 nitrogen and oxygen atoms in total. The highest BCUT2D eigenvalue weighted by atomic mass is 16.4. The van der Waals surface area contributed by atoms with Gasteiger partial charge in [0.25, 0.3) is 0 Å². The van der Waals surface area contributed by atoms with Gasteiger partial charge in [-0.05, 0) is 43.1 Å². The lowest BCUT2D eigenvalue weighted by Gasteiger charge is -2.17. The van der Waals surface area contributed by atoms with Crippen LogP contribution in [0.3, 0.4) is 0 Å². The molecule has 21 heavy (non-hydrogen) atoms. The first-order valence-corrected chi connectivity index (χ1v) is 7.53. The Bertz CT molecular complexity index is 527. The summed E-state index contributed by atoms with van der Waals surface area (Å²) in [5, 5.41) is 29.9. The van der Waals surface area contributed by atoms with Gasteiger partial charge in [-0.25, -0.2) is 4.79 Å². The second-order valence-corrected chi connectivity index (χ2v) is 5.69. The molecule has 1 saturated carbocycles. The molecule has 116 valence electrons. The van der Waals surface area contributed by atoms with Crippen LogP contribution in [0.5, 0.6) is 0 Å². The molecular formula is C15H23N3O3. The minimum absolute atomic E-state index is 0.0992. The van der Waals surface area contributed by atoms with Crippen LogP contribution in [-0.2, 0) is 12.8 Å². The van der Waals surface area contributed by atoms with Crippen molar-refractivity contribution in [2.75, 3.05) is 18.5 Å². The quantitative estimate of drug-likeness (QED) is 0.677. The number of aliphatic hydroxyl groups is 1. The number of rotatable bonds is 8. The number of carboxylic acids is 1. The summed E-state index contributed by atoms with van der Waals surface area (Å²) in [5.74, 6) is -0.619. The van der Waals surface area contributed by atoms with Crippen molar-refractivity contribution in [3.05, 3.63) is 16.8 Å². The minimum Gasteiger partial charge on any atom is -0.478 e. The molecular weight excluding hydrogens is 270 g/mol. The second kappa shape index (κ2) is 6.39. The number of hydrogen-bond acceptors (Lipinski definition) is 5. The fourth-order valence-corrected chi connectivity index (χ4v) is 2.73. The SMILES string of the molecule is CCc1nnc(NCC2(CCO)CC2)c(C(=O)O)c1CC. The molecule has 0 bridgehead atoms. The number of aryl methyl sites for hydroxylation is 1. The van der Waals surface area contributed by atoms with Crippen LogP contribution in [0.1, 0.15) is 54.7 Å². The zero-order valence-corrected chi connectivity index (χ0v) is 12.6. The topological polar surface area (TPSA) is 95.3 Å². The molecule has 1 aliphatic rings. The van der Waals surface area contributed by atoms with E-state index in [1.54, 1.807) is 0 Å². The van der Waals surface area contributed by atoms with Crippen LogP contribution in [0, 0.1) is 5.41 Å². The molecule has 1 fully saturated rings. The highest BCUT2D eigenvalue weighted by molar-refractivity contribution is 5.95. The van der Waals surface area contributed by atoms with Gasteiger partial charge in [0.1, 0.15) is 5.56 Å². The Morgan fingerprint density at radius 3 is 2.48 bits per heavy atom. The van der Waals surface area contributed by atoms with E-state index in [0.29, 0.717) is 25.2 Å². The lowest BCUT2D eigenvalue weighted by atomic mass is 10.0. The number of anilines is 1. The van der Waals surface area contributed by atoms with Crippen molar-refractivity contribution in [1.82, 2.24) is 10.2 Å². The maximum atomic E-state index is 11.6.